The van der Waals surface area contributed by atoms with E-state index in [1.165, 1.54) is 7.11 Å². The topological polar surface area (TPSA) is 65.1 Å². The van der Waals surface area contributed by atoms with Crippen LogP contribution in [0.4, 0.5) is 0 Å². The van der Waals surface area contributed by atoms with Gasteiger partial charge in [-0.15, -0.1) is 0 Å². The van der Waals surface area contributed by atoms with E-state index < -0.39 is 5.97 Å². The van der Waals surface area contributed by atoms with Crippen molar-refractivity contribution in [3.8, 4) is 0 Å². The van der Waals surface area contributed by atoms with E-state index >= 15 is 0 Å². The molecule has 0 spiro atoms. The van der Waals surface area contributed by atoms with E-state index in [9.17, 15) is 9.59 Å². The standard InChI is InChI=1S/C24H37NO5/c1-7-24(8-2)17-20(29-22(27)15-14-21(26)28-6)16-23(4,5)25(24)30-18(3)19-12-10-9-11-13-19/h9-13,18,20H,7-8,14-17H2,1-6H3. The lowest BCUT2D eigenvalue weighted by atomic mass is 9.75. The van der Waals surface area contributed by atoms with E-state index in [1.54, 1.807) is 0 Å². The SMILES string of the molecule is CCC1(CC)CC(OC(=O)CCC(=O)OC)CC(C)(C)N1OC(C)c1ccccc1. The molecular formula is C24H37NO5. The third-order valence-corrected chi connectivity index (χ3v) is 6.22. The van der Waals surface area contributed by atoms with Crippen LogP contribution in [0.5, 0.6) is 0 Å². The Morgan fingerprint density at radius 3 is 2.23 bits per heavy atom. The van der Waals surface area contributed by atoms with Crippen LogP contribution in [-0.2, 0) is 23.9 Å². The molecule has 6 nitrogen and oxygen atoms in total. The maximum absolute atomic E-state index is 12.3. The highest BCUT2D eigenvalue weighted by molar-refractivity contribution is 5.77. The number of esters is 2. The Bertz CT molecular complexity index is 699. The number of piperidine rings is 1. The van der Waals surface area contributed by atoms with Crippen molar-refractivity contribution in [3.63, 3.8) is 0 Å². The van der Waals surface area contributed by atoms with Gasteiger partial charge in [0, 0.05) is 23.9 Å². The number of rotatable bonds is 9. The molecule has 0 saturated carbocycles. The summed E-state index contributed by atoms with van der Waals surface area (Å²) in [6.07, 6.45) is 2.92. The van der Waals surface area contributed by atoms with E-state index in [4.69, 9.17) is 9.57 Å². The van der Waals surface area contributed by atoms with E-state index in [0.717, 1.165) is 18.4 Å². The van der Waals surface area contributed by atoms with Crippen molar-refractivity contribution in [2.45, 2.75) is 96.4 Å². The molecule has 1 aromatic carbocycles. The molecule has 1 fully saturated rings. The Kier molecular flexibility index (Phi) is 8.44. The summed E-state index contributed by atoms with van der Waals surface area (Å²) in [4.78, 5) is 30.2. The maximum atomic E-state index is 12.3. The third-order valence-electron chi connectivity index (χ3n) is 6.22. The van der Waals surface area contributed by atoms with Crippen LogP contribution in [0.15, 0.2) is 30.3 Å². The molecule has 30 heavy (non-hydrogen) atoms. The van der Waals surface area contributed by atoms with Crippen LogP contribution < -0.4 is 0 Å². The number of ether oxygens (including phenoxy) is 2. The van der Waals surface area contributed by atoms with Crippen molar-refractivity contribution >= 4 is 11.9 Å². The van der Waals surface area contributed by atoms with Crippen LogP contribution in [0.1, 0.15) is 84.8 Å². The Balaban J connectivity index is 2.15. The summed E-state index contributed by atoms with van der Waals surface area (Å²) in [6.45, 7) is 10.7. The first-order chi connectivity index (χ1) is 14.2. The summed E-state index contributed by atoms with van der Waals surface area (Å²) in [7, 11) is 1.32. The quantitative estimate of drug-likeness (QED) is 0.526. The van der Waals surface area contributed by atoms with Gasteiger partial charge in [0.15, 0.2) is 0 Å². The summed E-state index contributed by atoms with van der Waals surface area (Å²) in [5, 5.41) is 2.16. The predicted molar refractivity (Wildman–Crippen MR) is 116 cm³/mol. The average molecular weight is 420 g/mol. The number of hydroxylamine groups is 2. The molecule has 1 aliphatic rings. The molecule has 0 amide bonds. The molecule has 2 unspecified atom stereocenters. The van der Waals surface area contributed by atoms with Gasteiger partial charge in [0.25, 0.3) is 0 Å². The largest absolute Gasteiger partial charge is 0.469 e. The fourth-order valence-corrected chi connectivity index (χ4v) is 4.52. The minimum absolute atomic E-state index is 0.0418. The van der Waals surface area contributed by atoms with Crippen molar-refractivity contribution in [1.29, 1.82) is 0 Å². The lowest BCUT2D eigenvalue weighted by Gasteiger charge is -2.56. The second kappa shape index (κ2) is 10.4. The number of nitrogens with zero attached hydrogens (tertiary/aromatic N) is 1. The number of hydrogen-bond donors (Lipinski definition) is 0. The third kappa shape index (κ3) is 5.82. The minimum atomic E-state index is -0.401. The minimum Gasteiger partial charge on any atom is -0.469 e. The monoisotopic (exact) mass is 419 g/mol. The van der Waals surface area contributed by atoms with Gasteiger partial charge in [-0.25, -0.2) is 0 Å². The van der Waals surface area contributed by atoms with Gasteiger partial charge < -0.3 is 9.47 Å². The average Bonchev–Trinajstić information content (AvgIpc) is 2.73. The Labute approximate surface area is 180 Å². The molecule has 0 N–H and O–H groups in total. The summed E-state index contributed by atoms with van der Waals surface area (Å²) in [5.41, 5.74) is 0.573. The zero-order valence-corrected chi connectivity index (χ0v) is 19.3. The van der Waals surface area contributed by atoms with Gasteiger partial charge in [-0.05, 0) is 39.2 Å². The molecule has 168 valence electrons. The van der Waals surface area contributed by atoms with Crippen LogP contribution in [0.2, 0.25) is 0 Å². The van der Waals surface area contributed by atoms with Crippen LogP contribution in [0, 0.1) is 0 Å². The highest BCUT2D eigenvalue weighted by Crippen LogP contribution is 2.45. The second-order valence-corrected chi connectivity index (χ2v) is 8.79. The molecule has 2 atom stereocenters. The zero-order valence-electron chi connectivity index (χ0n) is 19.3. The predicted octanol–water partition coefficient (Wildman–Crippen LogP) is 4.98. The van der Waals surface area contributed by atoms with Crippen LogP contribution in [0.3, 0.4) is 0 Å². The van der Waals surface area contributed by atoms with Crippen molar-refractivity contribution < 1.29 is 23.9 Å². The van der Waals surface area contributed by atoms with E-state index in [2.05, 4.69) is 56.6 Å². The second-order valence-electron chi connectivity index (χ2n) is 8.79. The van der Waals surface area contributed by atoms with Crippen LogP contribution in [-0.4, -0.2) is 41.3 Å². The van der Waals surface area contributed by atoms with Crippen molar-refractivity contribution in [2.24, 2.45) is 0 Å². The van der Waals surface area contributed by atoms with Gasteiger partial charge in [0.1, 0.15) is 12.2 Å². The van der Waals surface area contributed by atoms with Gasteiger partial charge in [0.05, 0.1) is 20.0 Å². The number of benzene rings is 1. The van der Waals surface area contributed by atoms with E-state index in [0.29, 0.717) is 12.8 Å². The Hall–Kier alpha value is -1.92. The molecule has 0 radical (unpaired) electrons. The van der Waals surface area contributed by atoms with Gasteiger partial charge in [0.2, 0.25) is 0 Å². The van der Waals surface area contributed by atoms with Crippen molar-refractivity contribution in [2.75, 3.05) is 7.11 Å². The van der Waals surface area contributed by atoms with Gasteiger partial charge in [-0.3, -0.25) is 14.4 Å². The lowest BCUT2D eigenvalue weighted by molar-refractivity contribution is -0.323. The molecule has 0 bridgehead atoms. The number of hydrogen-bond acceptors (Lipinski definition) is 6. The molecule has 1 aliphatic heterocycles. The Morgan fingerprint density at radius 2 is 1.67 bits per heavy atom. The van der Waals surface area contributed by atoms with Crippen LogP contribution in [0.25, 0.3) is 0 Å². The van der Waals surface area contributed by atoms with Gasteiger partial charge >= 0.3 is 11.9 Å². The summed E-state index contributed by atoms with van der Waals surface area (Å²) >= 11 is 0. The molecule has 1 heterocycles. The summed E-state index contributed by atoms with van der Waals surface area (Å²) in [5.74, 6) is -0.754. The molecule has 1 aromatic rings. The van der Waals surface area contributed by atoms with Gasteiger partial charge in [-0.2, -0.15) is 5.06 Å². The first-order valence-electron chi connectivity index (χ1n) is 11.0. The van der Waals surface area contributed by atoms with Crippen molar-refractivity contribution in [3.05, 3.63) is 35.9 Å². The van der Waals surface area contributed by atoms with Gasteiger partial charge in [-0.1, -0.05) is 44.2 Å². The first kappa shape index (κ1) is 24.4. The molecule has 6 heteroatoms. The van der Waals surface area contributed by atoms with Crippen LogP contribution >= 0.6 is 0 Å². The smallest absolute Gasteiger partial charge is 0.306 e. The highest BCUT2D eigenvalue weighted by atomic mass is 16.7. The fourth-order valence-electron chi connectivity index (χ4n) is 4.52. The van der Waals surface area contributed by atoms with E-state index in [-0.39, 0.29) is 42.1 Å². The molecule has 0 aliphatic carbocycles. The molecule has 2 rings (SSSR count). The number of carbonyl (C=O) groups excluding carboxylic acids is 2. The normalized spacial score (nSPS) is 21.6. The highest BCUT2D eigenvalue weighted by Gasteiger charge is 2.51. The summed E-state index contributed by atoms with van der Waals surface area (Å²) in [6, 6.07) is 10.2. The first-order valence-corrected chi connectivity index (χ1v) is 11.0. The molecular weight excluding hydrogens is 382 g/mol. The Morgan fingerprint density at radius 1 is 1.07 bits per heavy atom. The van der Waals surface area contributed by atoms with Crippen molar-refractivity contribution in [1.82, 2.24) is 5.06 Å². The maximum Gasteiger partial charge on any atom is 0.306 e. The number of methoxy groups -OCH3 is 1. The molecule has 0 aromatic heterocycles. The lowest BCUT2D eigenvalue weighted by Crippen LogP contribution is -2.64. The molecule has 1 saturated heterocycles. The summed E-state index contributed by atoms with van der Waals surface area (Å²) < 4.78 is 10.4. The zero-order chi connectivity index (χ0) is 22.4. The van der Waals surface area contributed by atoms with E-state index in [1.807, 2.05) is 18.2 Å². The fraction of sp³-hybridized carbons (Fsp3) is 0.667. The number of carbonyl (C=O) groups is 2.